The van der Waals surface area contributed by atoms with E-state index in [2.05, 4.69) is 12.1 Å². The van der Waals surface area contributed by atoms with Crippen molar-refractivity contribution in [2.24, 2.45) is 4.99 Å². The van der Waals surface area contributed by atoms with Crippen LogP contribution < -0.4 is 4.90 Å². The maximum absolute atomic E-state index is 13.8. The van der Waals surface area contributed by atoms with Gasteiger partial charge in [-0.15, -0.1) is 0 Å². The fraction of sp³-hybridized carbons (Fsp3) is 0.0714. The van der Waals surface area contributed by atoms with Gasteiger partial charge in [0, 0.05) is 5.69 Å². The lowest BCUT2D eigenvalue weighted by molar-refractivity contribution is 0.625. The summed E-state index contributed by atoms with van der Waals surface area (Å²) in [7, 11) is 0. The summed E-state index contributed by atoms with van der Waals surface area (Å²) < 4.78 is 13.8. The first-order chi connectivity index (χ1) is 16.2. The van der Waals surface area contributed by atoms with Gasteiger partial charge in [0.1, 0.15) is 5.82 Å². The SMILES string of the molecule is N=C1S[C@H](C(=Nc2ccccc2)c2ccccc2)[C@H](c2ccc(F)cc2)N1c1ccccc1. The molecule has 1 aliphatic heterocycles. The van der Waals surface area contributed by atoms with E-state index in [1.54, 1.807) is 0 Å². The summed E-state index contributed by atoms with van der Waals surface area (Å²) in [5.41, 5.74) is 4.63. The highest BCUT2D eigenvalue weighted by atomic mass is 32.2. The molecule has 33 heavy (non-hydrogen) atoms. The van der Waals surface area contributed by atoms with E-state index in [9.17, 15) is 4.39 Å². The fourth-order valence-corrected chi connectivity index (χ4v) is 5.38. The Morgan fingerprint density at radius 2 is 1.33 bits per heavy atom. The van der Waals surface area contributed by atoms with Crippen molar-refractivity contribution < 1.29 is 4.39 Å². The van der Waals surface area contributed by atoms with E-state index >= 15 is 0 Å². The zero-order chi connectivity index (χ0) is 22.6. The second kappa shape index (κ2) is 9.43. The van der Waals surface area contributed by atoms with Crippen LogP contribution >= 0.6 is 11.8 Å². The van der Waals surface area contributed by atoms with E-state index in [1.165, 1.54) is 23.9 Å². The van der Waals surface area contributed by atoms with Gasteiger partial charge in [-0.3, -0.25) is 10.4 Å². The molecule has 0 radical (unpaired) electrons. The van der Waals surface area contributed by atoms with Crippen LogP contribution in [0.5, 0.6) is 0 Å². The number of rotatable bonds is 5. The van der Waals surface area contributed by atoms with Gasteiger partial charge in [0.15, 0.2) is 5.17 Å². The highest BCUT2D eigenvalue weighted by Crippen LogP contribution is 2.46. The Morgan fingerprint density at radius 1 is 0.758 bits per heavy atom. The minimum atomic E-state index is -0.275. The van der Waals surface area contributed by atoms with Crippen LogP contribution in [0.2, 0.25) is 0 Å². The van der Waals surface area contributed by atoms with Gasteiger partial charge < -0.3 is 4.90 Å². The zero-order valence-electron chi connectivity index (χ0n) is 17.8. The molecule has 0 saturated carbocycles. The quantitative estimate of drug-likeness (QED) is 0.325. The summed E-state index contributed by atoms with van der Waals surface area (Å²) in [4.78, 5) is 7.08. The molecule has 1 N–H and O–H groups in total. The summed E-state index contributed by atoms with van der Waals surface area (Å²) in [6, 6.07) is 36.3. The molecule has 4 aromatic rings. The van der Waals surface area contributed by atoms with E-state index in [0.717, 1.165) is 28.2 Å². The average molecular weight is 452 g/mol. The number of nitrogens with zero attached hydrogens (tertiary/aromatic N) is 2. The number of amidine groups is 1. The monoisotopic (exact) mass is 451 g/mol. The summed E-state index contributed by atoms with van der Waals surface area (Å²) in [5, 5.41) is 9.17. The number of anilines is 1. The molecule has 2 atom stereocenters. The van der Waals surface area contributed by atoms with Crippen molar-refractivity contribution in [3.63, 3.8) is 0 Å². The second-order valence-electron chi connectivity index (χ2n) is 7.74. The molecular formula is C28H22FN3S. The van der Waals surface area contributed by atoms with Gasteiger partial charge in [-0.2, -0.15) is 0 Å². The number of thioether (sulfide) groups is 1. The lowest BCUT2D eigenvalue weighted by Gasteiger charge is -2.29. The molecule has 0 amide bonds. The van der Waals surface area contributed by atoms with Gasteiger partial charge in [0.2, 0.25) is 0 Å². The fourth-order valence-electron chi connectivity index (χ4n) is 4.10. The third kappa shape index (κ3) is 4.45. The average Bonchev–Trinajstić information content (AvgIpc) is 3.21. The van der Waals surface area contributed by atoms with Crippen LogP contribution in [0.1, 0.15) is 17.2 Å². The van der Waals surface area contributed by atoms with Crippen LogP contribution in [0.15, 0.2) is 120 Å². The van der Waals surface area contributed by atoms with Crippen molar-refractivity contribution in [3.05, 3.63) is 132 Å². The van der Waals surface area contributed by atoms with Gasteiger partial charge in [0.25, 0.3) is 0 Å². The highest BCUT2D eigenvalue weighted by Gasteiger charge is 2.43. The van der Waals surface area contributed by atoms with Gasteiger partial charge in [-0.1, -0.05) is 90.6 Å². The first-order valence-corrected chi connectivity index (χ1v) is 11.6. The first-order valence-electron chi connectivity index (χ1n) is 10.7. The Morgan fingerprint density at radius 3 is 1.97 bits per heavy atom. The standard InChI is InChI=1S/C28H22FN3S/c29-22-18-16-21(17-19-22)26-27(33-28(30)32(26)24-14-8-3-9-15-24)25(20-10-4-1-5-11-20)31-23-12-6-2-7-13-23/h1-19,26-27,30H/t26-,27+/m0/s1. The predicted octanol–water partition coefficient (Wildman–Crippen LogP) is 7.24. The van der Waals surface area contributed by atoms with Crippen molar-refractivity contribution in [1.82, 2.24) is 0 Å². The van der Waals surface area contributed by atoms with Crippen LogP contribution in [0, 0.1) is 11.2 Å². The lowest BCUT2D eigenvalue weighted by atomic mass is 9.95. The molecule has 5 rings (SSSR count). The molecule has 4 aromatic carbocycles. The molecule has 162 valence electrons. The van der Waals surface area contributed by atoms with Crippen molar-refractivity contribution in [2.45, 2.75) is 11.3 Å². The molecule has 1 saturated heterocycles. The van der Waals surface area contributed by atoms with E-state index in [0.29, 0.717) is 5.17 Å². The molecule has 0 bridgehead atoms. The Labute approximate surface area is 197 Å². The normalized spacial score (nSPS) is 18.5. The largest absolute Gasteiger partial charge is 0.312 e. The van der Waals surface area contributed by atoms with E-state index in [1.807, 2.05) is 95.9 Å². The molecule has 0 aromatic heterocycles. The van der Waals surface area contributed by atoms with Crippen LogP contribution in [0.25, 0.3) is 0 Å². The van der Waals surface area contributed by atoms with E-state index in [4.69, 9.17) is 10.4 Å². The molecule has 0 unspecified atom stereocenters. The predicted molar refractivity (Wildman–Crippen MR) is 136 cm³/mol. The van der Waals surface area contributed by atoms with E-state index in [-0.39, 0.29) is 17.1 Å². The first kappa shape index (κ1) is 21.2. The molecule has 1 fully saturated rings. The molecular weight excluding hydrogens is 429 g/mol. The Balaban J connectivity index is 1.68. The number of nitrogens with one attached hydrogen (secondary N) is 1. The highest BCUT2D eigenvalue weighted by molar-refractivity contribution is 8.15. The maximum Gasteiger partial charge on any atom is 0.162 e. The third-order valence-corrected chi connectivity index (χ3v) is 6.77. The maximum atomic E-state index is 13.8. The van der Waals surface area contributed by atoms with Crippen LogP contribution in [0.4, 0.5) is 15.8 Å². The molecule has 0 spiro atoms. The number of hydrogen-bond acceptors (Lipinski definition) is 3. The summed E-state index contributed by atoms with van der Waals surface area (Å²) in [6.45, 7) is 0. The van der Waals surface area contributed by atoms with Crippen molar-refractivity contribution >= 4 is 34.0 Å². The van der Waals surface area contributed by atoms with Crippen LogP contribution in [0.3, 0.4) is 0 Å². The van der Waals surface area contributed by atoms with Crippen LogP contribution in [-0.4, -0.2) is 16.1 Å². The number of aliphatic imine (C=N–C) groups is 1. The third-order valence-electron chi connectivity index (χ3n) is 5.61. The number of benzene rings is 4. The lowest BCUT2D eigenvalue weighted by Crippen LogP contribution is -2.33. The van der Waals surface area contributed by atoms with Crippen LogP contribution in [-0.2, 0) is 0 Å². The minimum absolute atomic E-state index is 0.161. The Bertz CT molecular complexity index is 1260. The molecule has 1 heterocycles. The molecule has 3 nitrogen and oxygen atoms in total. The molecule has 1 aliphatic rings. The van der Waals surface area contributed by atoms with Gasteiger partial charge in [0.05, 0.1) is 22.7 Å². The Hall–Kier alpha value is -3.70. The van der Waals surface area contributed by atoms with Crippen molar-refractivity contribution in [1.29, 1.82) is 5.41 Å². The summed E-state index contributed by atoms with van der Waals surface area (Å²) in [6.07, 6.45) is 0. The van der Waals surface area contributed by atoms with Crippen molar-refractivity contribution in [2.75, 3.05) is 4.90 Å². The smallest absolute Gasteiger partial charge is 0.162 e. The Kier molecular flexibility index (Phi) is 6.05. The van der Waals surface area contributed by atoms with Gasteiger partial charge in [-0.25, -0.2) is 4.39 Å². The second-order valence-corrected chi connectivity index (χ2v) is 8.87. The molecule has 5 heteroatoms. The summed E-state index contributed by atoms with van der Waals surface area (Å²) in [5.74, 6) is -0.275. The van der Waals surface area contributed by atoms with Gasteiger partial charge in [-0.05, 0) is 47.5 Å². The van der Waals surface area contributed by atoms with Crippen molar-refractivity contribution in [3.8, 4) is 0 Å². The topological polar surface area (TPSA) is 39.5 Å². The summed E-state index contributed by atoms with van der Waals surface area (Å²) >= 11 is 1.48. The zero-order valence-corrected chi connectivity index (χ0v) is 18.6. The van der Waals surface area contributed by atoms with E-state index < -0.39 is 0 Å². The number of halogens is 1. The number of hydrogen-bond donors (Lipinski definition) is 1. The van der Waals surface area contributed by atoms with Gasteiger partial charge >= 0.3 is 0 Å². The minimum Gasteiger partial charge on any atom is -0.312 e. The number of para-hydroxylation sites is 2. The molecule has 0 aliphatic carbocycles.